The molecule has 2 aliphatic carbocycles. The van der Waals surface area contributed by atoms with Gasteiger partial charge in [0.05, 0.1) is 5.60 Å². The molecular formula is C34H41F2NOP2. The minimum absolute atomic E-state index is 0.0119. The molecule has 0 bridgehead atoms. The van der Waals surface area contributed by atoms with E-state index >= 15 is 0 Å². The molecule has 40 heavy (non-hydrogen) atoms. The summed E-state index contributed by atoms with van der Waals surface area (Å²) in [7, 11) is 4.19. The van der Waals surface area contributed by atoms with Crippen LogP contribution in [0.2, 0.25) is 0 Å². The van der Waals surface area contributed by atoms with Gasteiger partial charge in [0.2, 0.25) is 0 Å². The number of alkyl halides is 2. The molecule has 3 aliphatic rings. The van der Waals surface area contributed by atoms with E-state index in [9.17, 15) is 8.78 Å². The summed E-state index contributed by atoms with van der Waals surface area (Å²) in [5.74, 6) is 0.587. The summed E-state index contributed by atoms with van der Waals surface area (Å²) >= 11 is 0. The Labute approximate surface area is 242 Å². The number of hydrogen-bond donors (Lipinski definition) is 0. The molecule has 2 nitrogen and oxygen atoms in total. The molecular weight excluding hydrogens is 538 g/mol. The average Bonchev–Trinajstić information content (AvgIpc) is 3.48. The maximum atomic E-state index is 14.3. The summed E-state index contributed by atoms with van der Waals surface area (Å²) in [5, 5.41) is 0.510. The molecule has 0 radical (unpaired) electrons. The Bertz CT molecular complexity index is 1420. The lowest BCUT2D eigenvalue weighted by Crippen LogP contribution is -2.32. The minimum Gasteiger partial charge on any atom is -0.358 e. The van der Waals surface area contributed by atoms with Crippen molar-refractivity contribution in [3.8, 4) is 0 Å². The van der Waals surface area contributed by atoms with E-state index in [2.05, 4.69) is 67.3 Å². The zero-order chi connectivity index (χ0) is 28.4. The van der Waals surface area contributed by atoms with Crippen LogP contribution in [0.1, 0.15) is 123 Å². The monoisotopic (exact) mass is 579 g/mol. The van der Waals surface area contributed by atoms with Crippen molar-refractivity contribution in [2.45, 2.75) is 102 Å². The highest BCUT2D eigenvalue weighted by molar-refractivity contribution is 7.28. The number of ether oxygens (including phenoxy) is 1. The van der Waals surface area contributed by atoms with Crippen molar-refractivity contribution in [2.24, 2.45) is 5.41 Å². The highest BCUT2D eigenvalue weighted by Crippen LogP contribution is 2.60. The second-order valence-electron chi connectivity index (χ2n) is 13.4. The molecule has 1 fully saturated rings. The largest absolute Gasteiger partial charge is 0.358 e. The van der Waals surface area contributed by atoms with Crippen LogP contribution in [0, 0.1) is 5.41 Å². The van der Waals surface area contributed by atoms with Gasteiger partial charge in [-0.1, -0.05) is 92.2 Å². The summed E-state index contributed by atoms with van der Waals surface area (Å²) in [6.07, 6.45) is 7.05. The van der Waals surface area contributed by atoms with Crippen LogP contribution in [0.25, 0.3) is 0 Å². The maximum absolute atomic E-state index is 14.3. The predicted octanol–water partition coefficient (Wildman–Crippen LogP) is 8.82. The van der Waals surface area contributed by atoms with Crippen molar-refractivity contribution in [1.82, 2.24) is 4.98 Å². The Hall–Kier alpha value is -1.73. The van der Waals surface area contributed by atoms with Crippen molar-refractivity contribution in [3.05, 3.63) is 93.3 Å². The molecule has 6 heteroatoms. The van der Waals surface area contributed by atoms with Crippen molar-refractivity contribution >= 4 is 23.8 Å². The van der Waals surface area contributed by atoms with Gasteiger partial charge in [-0.2, -0.15) is 8.78 Å². The third-order valence-electron chi connectivity index (χ3n) is 9.32. The first-order valence-electron chi connectivity index (χ1n) is 14.7. The zero-order valence-corrected chi connectivity index (χ0v) is 26.4. The van der Waals surface area contributed by atoms with Crippen LogP contribution in [-0.2, 0) is 28.8 Å². The topological polar surface area (TPSA) is 22.1 Å². The molecule has 212 valence electrons. The molecule has 1 aromatic heterocycles. The molecule has 3 unspecified atom stereocenters. The molecule has 0 amide bonds. The van der Waals surface area contributed by atoms with E-state index in [1.807, 2.05) is 12.1 Å². The van der Waals surface area contributed by atoms with Gasteiger partial charge in [-0.3, -0.25) is 4.98 Å². The molecule has 1 saturated carbocycles. The molecule has 2 aromatic carbocycles. The van der Waals surface area contributed by atoms with Crippen LogP contribution in [0.5, 0.6) is 0 Å². The normalized spacial score (nSPS) is 23.0. The molecule has 2 heterocycles. The number of fused-ring (bicyclic) bond motifs is 4. The summed E-state index contributed by atoms with van der Waals surface area (Å²) in [5.41, 5.74) is 5.55. The summed E-state index contributed by atoms with van der Waals surface area (Å²) in [6.45, 7) is 9.21. The SMILES string of the molecule is CC(C)c1nc2c(c3c1[C@@H](c1ccc(C(F)(F)P)c(P)c1)OC31CCCC1)C(Cc1ccccc1)CC(C)(C)C2. The van der Waals surface area contributed by atoms with Crippen LogP contribution in [0.3, 0.4) is 0 Å². The number of hydrogen-bond acceptors (Lipinski definition) is 2. The third kappa shape index (κ3) is 4.97. The van der Waals surface area contributed by atoms with Gasteiger partial charge in [0.1, 0.15) is 6.10 Å². The molecule has 4 atom stereocenters. The minimum atomic E-state index is -2.97. The molecule has 0 N–H and O–H groups in total. The first kappa shape index (κ1) is 28.4. The van der Waals surface area contributed by atoms with Crippen molar-refractivity contribution in [2.75, 3.05) is 0 Å². The second-order valence-corrected chi connectivity index (χ2v) is 14.7. The summed E-state index contributed by atoms with van der Waals surface area (Å²) in [6, 6.07) is 16.1. The van der Waals surface area contributed by atoms with E-state index < -0.39 is 5.66 Å². The van der Waals surface area contributed by atoms with Gasteiger partial charge >= 0.3 is 0 Å². The number of halogens is 2. The number of nitrogens with zero attached hydrogens (tertiary/aromatic N) is 1. The van der Waals surface area contributed by atoms with Gasteiger partial charge < -0.3 is 4.74 Å². The lowest BCUT2D eigenvalue weighted by atomic mass is 9.65. The van der Waals surface area contributed by atoms with Crippen LogP contribution < -0.4 is 5.30 Å². The zero-order valence-electron chi connectivity index (χ0n) is 24.1. The number of pyridine rings is 1. The predicted molar refractivity (Wildman–Crippen MR) is 166 cm³/mol. The first-order valence-corrected chi connectivity index (χ1v) is 15.9. The summed E-state index contributed by atoms with van der Waals surface area (Å²) in [4.78, 5) is 5.47. The molecule has 3 aromatic rings. The smallest absolute Gasteiger partial charge is 0.284 e. The van der Waals surface area contributed by atoms with Gasteiger partial charge in [-0.15, -0.1) is 9.24 Å². The third-order valence-corrected chi connectivity index (χ3v) is 10.1. The van der Waals surface area contributed by atoms with Crippen molar-refractivity contribution in [1.29, 1.82) is 0 Å². The van der Waals surface area contributed by atoms with E-state index in [1.54, 1.807) is 15.3 Å². The average molecular weight is 580 g/mol. The second kappa shape index (κ2) is 10.2. The van der Waals surface area contributed by atoms with Gasteiger partial charge in [0.15, 0.2) is 0 Å². The van der Waals surface area contributed by atoms with Crippen LogP contribution in [0.4, 0.5) is 8.78 Å². The van der Waals surface area contributed by atoms with Crippen molar-refractivity contribution in [3.63, 3.8) is 0 Å². The number of aromatic nitrogens is 1. The van der Waals surface area contributed by atoms with E-state index in [-0.39, 0.29) is 28.6 Å². The Morgan fingerprint density at radius 2 is 1.75 bits per heavy atom. The van der Waals surface area contributed by atoms with Gasteiger partial charge in [0.25, 0.3) is 5.66 Å². The van der Waals surface area contributed by atoms with E-state index in [1.165, 1.54) is 27.9 Å². The molecule has 1 spiro atoms. The first-order chi connectivity index (χ1) is 18.9. The van der Waals surface area contributed by atoms with Crippen LogP contribution in [0.15, 0.2) is 48.5 Å². The highest BCUT2D eigenvalue weighted by Gasteiger charge is 2.52. The van der Waals surface area contributed by atoms with E-state index in [4.69, 9.17) is 9.72 Å². The van der Waals surface area contributed by atoms with Crippen LogP contribution in [-0.4, -0.2) is 4.98 Å². The molecule has 1 aliphatic heterocycles. The molecule has 6 rings (SSSR count). The highest BCUT2D eigenvalue weighted by atomic mass is 31.0. The van der Waals surface area contributed by atoms with E-state index in [0.29, 0.717) is 11.2 Å². The molecule has 0 saturated heterocycles. The lowest BCUT2D eigenvalue weighted by Gasteiger charge is -2.40. The maximum Gasteiger partial charge on any atom is 0.284 e. The van der Waals surface area contributed by atoms with Gasteiger partial charge in [-0.25, -0.2) is 0 Å². The fourth-order valence-electron chi connectivity index (χ4n) is 7.76. The Balaban J connectivity index is 1.58. The van der Waals surface area contributed by atoms with Crippen LogP contribution >= 0.6 is 18.5 Å². The Morgan fingerprint density at radius 3 is 2.38 bits per heavy atom. The fourth-order valence-corrected chi connectivity index (χ4v) is 8.67. The van der Waals surface area contributed by atoms with Gasteiger partial charge in [0, 0.05) is 22.5 Å². The standard InChI is InChI=1S/C34H41F2NOP2/c1-20(2)30-28-29(27-23(16-21-10-6-5-7-11-21)18-32(3,4)19-25(27)37-30)33(14-8-9-15-33)38-31(28)22-12-13-24(26(39)17-22)34(35,36)40/h5-7,10-13,17,20,23,31H,8-9,14-16,18-19,39-40H2,1-4H3/t23?,31-/m1/s1. The Morgan fingerprint density at radius 1 is 1.05 bits per heavy atom. The Kier molecular flexibility index (Phi) is 7.25. The fraction of sp³-hybridized carbons (Fsp3) is 0.500. The quantitative estimate of drug-likeness (QED) is 0.282. The van der Waals surface area contributed by atoms with E-state index in [0.717, 1.165) is 56.2 Å². The number of rotatable bonds is 5. The van der Waals surface area contributed by atoms with Crippen molar-refractivity contribution < 1.29 is 13.5 Å². The van der Waals surface area contributed by atoms with Gasteiger partial charge in [-0.05, 0) is 83.0 Å². The number of benzene rings is 2. The summed E-state index contributed by atoms with van der Waals surface area (Å²) < 4.78 is 35.7. The lowest BCUT2D eigenvalue weighted by molar-refractivity contribution is -0.0571.